The van der Waals surface area contributed by atoms with Gasteiger partial charge in [0.25, 0.3) is 5.91 Å². The Morgan fingerprint density at radius 1 is 1.38 bits per heavy atom. The third-order valence-electron chi connectivity index (χ3n) is 3.50. The molecule has 0 bridgehead atoms. The lowest BCUT2D eigenvalue weighted by molar-refractivity contribution is 0.0677. The molecule has 1 aliphatic heterocycles. The first-order valence-electron chi connectivity index (χ1n) is 6.51. The Bertz CT molecular complexity index is 676. The summed E-state index contributed by atoms with van der Waals surface area (Å²) in [6, 6.07) is 1.26. The lowest BCUT2D eigenvalue weighted by atomic mass is 9.99. The molecule has 8 heteroatoms. The summed E-state index contributed by atoms with van der Waals surface area (Å²) in [6.45, 7) is 2.82. The molecule has 0 aromatic heterocycles. The predicted molar refractivity (Wildman–Crippen MR) is 72.0 cm³/mol. The van der Waals surface area contributed by atoms with Crippen LogP contribution in [0.4, 0.5) is 8.78 Å². The minimum Gasteiger partial charge on any atom is -0.338 e. The average Bonchev–Trinajstić information content (AvgIpc) is 2.39. The summed E-state index contributed by atoms with van der Waals surface area (Å²) >= 11 is 0. The van der Waals surface area contributed by atoms with E-state index >= 15 is 0 Å². The van der Waals surface area contributed by atoms with E-state index in [2.05, 4.69) is 0 Å². The second-order valence-corrected chi connectivity index (χ2v) is 6.87. The van der Waals surface area contributed by atoms with E-state index in [0.29, 0.717) is 19.2 Å². The third kappa shape index (κ3) is 3.38. The lowest BCUT2D eigenvalue weighted by Gasteiger charge is -2.31. The summed E-state index contributed by atoms with van der Waals surface area (Å²) in [5.74, 6) is -3.22. The third-order valence-corrected chi connectivity index (χ3v) is 4.40. The SMILES string of the molecule is CC1CCCN(C(=O)c2cc(S(N)(=O)=O)cc(F)c2F)C1. The molecule has 1 aromatic carbocycles. The van der Waals surface area contributed by atoms with E-state index < -0.39 is 38.0 Å². The molecule has 116 valence electrons. The first kappa shape index (κ1) is 15.8. The van der Waals surface area contributed by atoms with Gasteiger partial charge in [-0.05, 0) is 30.9 Å². The van der Waals surface area contributed by atoms with Gasteiger partial charge in [-0.15, -0.1) is 0 Å². The van der Waals surface area contributed by atoms with Crippen LogP contribution in [0.2, 0.25) is 0 Å². The van der Waals surface area contributed by atoms with Gasteiger partial charge in [0.05, 0.1) is 10.5 Å². The summed E-state index contributed by atoms with van der Waals surface area (Å²) in [5, 5.41) is 4.90. The highest BCUT2D eigenvalue weighted by Gasteiger charge is 2.27. The minimum atomic E-state index is -4.22. The van der Waals surface area contributed by atoms with Crippen LogP contribution in [0.5, 0.6) is 0 Å². The zero-order valence-corrected chi connectivity index (χ0v) is 12.3. The second-order valence-electron chi connectivity index (χ2n) is 5.31. The van der Waals surface area contributed by atoms with Crippen molar-refractivity contribution >= 4 is 15.9 Å². The van der Waals surface area contributed by atoms with Gasteiger partial charge in [0.1, 0.15) is 0 Å². The molecule has 1 amide bonds. The van der Waals surface area contributed by atoms with E-state index in [4.69, 9.17) is 5.14 Å². The molecule has 2 N–H and O–H groups in total. The van der Waals surface area contributed by atoms with Crippen molar-refractivity contribution in [2.24, 2.45) is 11.1 Å². The van der Waals surface area contributed by atoms with Crippen molar-refractivity contribution in [1.29, 1.82) is 0 Å². The number of nitrogens with zero attached hydrogens (tertiary/aromatic N) is 1. The van der Waals surface area contributed by atoms with Crippen LogP contribution < -0.4 is 5.14 Å². The molecule has 21 heavy (non-hydrogen) atoms. The van der Waals surface area contributed by atoms with Gasteiger partial charge >= 0.3 is 0 Å². The standard InChI is InChI=1S/C13H16F2N2O3S/c1-8-3-2-4-17(7-8)13(18)10-5-9(21(16,19)20)6-11(14)12(10)15/h5-6,8H,2-4,7H2,1H3,(H2,16,19,20). The Morgan fingerprint density at radius 3 is 2.62 bits per heavy atom. The van der Waals surface area contributed by atoms with Crippen LogP contribution in [0, 0.1) is 17.6 Å². The van der Waals surface area contributed by atoms with Crippen LogP contribution in [0.25, 0.3) is 0 Å². The number of rotatable bonds is 2. The van der Waals surface area contributed by atoms with Crippen molar-refractivity contribution in [3.8, 4) is 0 Å². The van der Waals surface area contributed by atoms with Crippen molar-refractivity contribution in [1.82, 2.24) is 4.90 Å². The molecule has 1 aliphatic rings. The van der Waals surface area contributed by atoms with Gasteiger partial charge in [0, 0.05) is 13.1 Å². The van der Waals surface area contributed by atoms with Gasteiger partial charge in [-0.2, -0.15) is 0 Å². The van der Waals surface area contributed by atoms with Crippen LogP contribution in [0.3, 0.4) is 0 Å². The fraction of sp³-hybridized carbons (Fsp3) is 0.462. The number of hydrogen-bond acceptors (Lipinski definition) is 3. The van der Waals surface area contributed by atoms with Gasteiger partial charge in [-0.1, -0.05) is 6.92 Å². The van der Waals surface area contributed by atoms with E-state index in [1.807, 2.05) is 6.92 Å². The van der Waals surface area contributed by atoms with Gasteiger partial charge in [-0.3, -0.25) is 4.79 Å². The number of likely N-dealkylation sites (tertiary alicyclic amines) is 1. The molecule has 5 nitrogen and oxygen atoms in total. The summed E-state index contributed by atoms with van der Waals surface area (Å²) in [6.07, 6.45) is 1.73. The molecule has 0 radical (unpaired) electrons. The molecule has 1 unspecified atom stereocenters. The molecule has 2 rings (SSSR count). The van der Waals surface area contributed by atoms with Crippen LogP contribution in [0.1, 0.15) is 30.1 Å². The van der Waals surface area contributed by atoms with E-state index in [1.165, 1.54) is 4.90 Å². The molecule has 0 aliphatic carbocycles. The minimum absolute atomic E-state index is 0.261. The fourth-order valence-corrected chi connectivity index (χ4v) is 2.98. The maximum Gasteiger partial charge on any atom is 0.256 e. The van der Waals surface area contributed by atoms with E-state index in [1.54, 1.807) is 0 Å². The first-order chi connectivity index (χ1) is 9.70. The predicted octanol–water partition coefficient (Wildman–Crippen LogP) is 1.48. The van der Waals surface area contributed by atoms with Gasteiger partial charge in [-0.25, -0.2) is 22.3 Å². The molecular formula is C13H16F2N2O3S. The van der Waals surface area contributed by atoms with Crippen molar-refractivity contribution in [2.75, 3.05) is 13.1 Å². The lowest BCUT2D eigenvalue weighted by Crippen LogP contribution is -2.39. The number of sulfonamides is 1. The van der Waals surface area contributed by atoms with E-state index in [0.717, 1.165) is 18.9 Å². The molecule has 1 fully saturated rings. The number of piperidine rings is 1. The molecule has 1 aromatic rings. The number of hydrogen-bond donors (Lipinski definition) is 1. The van der Waals surface area contributed by atoms with Crippen molar-refractivity contribution < 1.29 is 22.0 Å². The zero-order chi connectivity index (χ0) is 15.8. The molecule has 0 spiro atoms. The zero-order valence-electron chi connectivity index (χ0n) is 11.5. The Morgan fingerprint density at radius 2 is 2.05 bits per heavy atom. The normalized spacial score (nSPS) is 19.6. The number of nitrogens with two attached hydrogens (primary N) is 1. The molecule has 1 atom stereocenters. The summed E-state index contributed by atoms with van der Waals surface area (Å²) < 4.78 is 49.8. The molecular weight excluding hydrogens is 302 g/mol. The van der Waals surface area contributed by atoms with E-state index in [-0.39, 0.29) is 5.92 Å². The highest BCUT2D eigenvalue weighted by Crippen LogP contribution is 2.22. The fourth-order valence-electron chi connectivity index (χ4n) is 2.43. The Labute approximate surface area is 121 Å². The monoisotopic (exact) mass is 318 g/mol. The highest BCUT2D eigenvalue weighted by molar-refractivity contribution is 7.89. The first-order valence-corrected chi connectivity index (χ1v) is 8.06. The number of carbonyl (C=O) groups excluding carboxylic acids is 1. The number of amides is 1. The Balaban J connectivity index is 2.43. The van der Waals surface area contributed by atoms with Crippen LogP contribution in [0.15, 0.2) is 17.0 Å². The highest BCUT2D eigenvalue weighted by atomic mass is 32.2. The number of carbonyl (C=O) groups is 1. The molecule has 1 heterocycles. The maximum atomic E-state index is 13.8. The molecule has 0 saturated carbocycles. The van der Waals surface area contributed by atoms with Gasteiger partial charge < -0.3 is 4.90 Å². The smallest absolute Gasteiger partial charge is 0.256 e. The van der Waals surface area contributed by atoms with Gasteiger partial charge in [0.2, 0.25) is 10.0 Å². The summed E-state index contributed by atoms with van der Waals surface area (Å²) in [5.41, 5.74) is -0.604. The number of halogens is 2. The van der Waals surface area contributed by atoms with E-state index in [9.17, 15) is 22.0 Å². The van der Waals surface area contributed by atoms with Crippen LogP contribution in [-0.2, 0) is 10.0 Å². The van der Waals surface area contributed by atoms with Gasteiger partial charge in [0.15, 0.2) is 11.6 Å². The average molecular weight is 318 g/mol. The second kappa shape index (κ2) is 5.69. The quantitative estimate of drug-likeness (QED) is 0.897. The maximum absolute atomic E-state index is 13.8. The topological polar surface area (TPSA) is 80.5 Å². The van der Waals surface area contributed by atoms with Crippen molar-refractivity contribution in [3.05, 3.63) is 29.3 Å². The summed E-state index contributed by atoms with van der Waals surface area (Å²) in [7, 11) is -4.22. The van der Waals surface area contributed by atoms with Crippen LogP contribution >= 0.6 is 0 Å². The Hall–Kier alpha value is -1.54. The summed E-state index contributed by atoms with van der Waals surface area (Å²) in [4.78, 5) is 13.1. The van der Waals surface area contributed by atoms with Crippen molar-refractivity contribution in [2.45, 2.75) is 24.7 Å². The molecule has 1 saturated heterocycles. The number of benzene rings is 1. The Kier molecular flexibility index (Phi) is 4.29. The largest absolute Gasteiger partial charge is 0.338 e. The van der Waals surface area contributed by atoms with Crippen LogP contribution in [-0.4, -0.2) is 32.3 Å². The number of primary sulfonamides is 1. The van der Waals surface area contributed by atoms with Crippen molar-refractivity contribution in [3.63, 3.8) is 0 Å².